The van der Waals surface area contributed by atoms with Crippen molar-refractivity contribution in [1.82, 2.24) is 40.4 Å². The normalized spacial score (nSPS) is 11.9. The lowest BCUT2D eigenvalue weighted by Crippen LogP contribution is -2.13. The molecule has 0 radical (unpaired) electrons. The third-order valence-corrected chi connectivity index (χ3v) is 2.33. The SMILES string of the molecule is FC(F)(F)c1nnc2ccc(NCc3nn[nH]n3)nn12. The monoisotopic (exact) mass is 285 g/mol. The van der Waals surface area contributed by atoms with E-state index in [0.29, 0.717) is 10.3 Å². The van der Waals surface area contributed by atoms with Gasteiger partial charge in [0.05, 0.1) is 6.54 Å². The molecular formula is C8H6F3N9. The van der Waals surface area contributed by atoms with Crippen LogP contribution in [-0.4, -0.2) is 40.4 Å². The van der Waals surface area contributed by atoms with Gasteiger partial charge in [-0.05, 0) is 12.1 Å². The Morgan fingerprint density at radius 3 is 2.75 bits per heavy atom. The molecule has 0 saturated carbocycles. The molecule has 12 heteroatoms. The predicted octanol–water partition coefficient (Wildman–Crippen LogP) is 0.268. The average Bonchev–Trinajstić information content (AvgIpc) is 3.04. The van der Waals surface area contributed by atoms with E-state index in [1.165, 1.54) is 12.1 Å². The highest BCUT2D eigenvalue weighted by Gasteiger charge is 2.37. The third-order valence-electron chi connectivity index (χ3n) is 2.33. The van der Waals surface area contributed by atoms with E-state index in [-0.39, 0.29) is 18.0 Å². The number of fused-ring (bicyclic) bond motifs is 1. The summed E-state index contributed by atoms with van der Waals surface area (Å²) in [6, 6.07) is 2.85. The van der Waals surface area contributed by atoms with Gasteiger partial charge in [-0.15, -0.1) is 25.5 Å². The van der Waals surface area contributed by atoms with Gasteiger partial charge >= 0.3 is 6.18 Å². The average molecular weight is 285 g/mol. The Hall–Kier alpha value is -2.79. The van der Waals surface area contributed by atoms with Crippen molar-refractivity contribution in [2.24, 2.45) is 0 Å². The molecule has 0 bridgehead atoms. The van der Waals surface area contributed by atoms with Gasteiger partial charge in [-0.1, -0.05) is 5.21 Å². The smallest absolute Gasteiger partial charge is 0.361 e. The first-order chi connectivity index (χ1) is 9.54. The van der Waals surface area contributed by atoms with Gasteiger partial charge in [0.25, 0.3) is 5.82 Å². The lowest BCUT2D eigenvalue weighted by atomic mass is 10.5. The van der Waals surface area contributed by atoms with Crippen LogP contribution in [0.2, 0.25) is 0 Å². The second-order valence-corrected chi connectivity index (χ2v) is 3.69. The highest BCUT2D eigenvalue weighted by atomic mass is 19.4. The largest absolute Gasteiger partial charge is 0.453 e. The summed E-state index contributed by atoms with van der Waals surface area (Å²) in [5.74, 6) is -0.630. The van der Waals surface area contributed by atoms with Gasteiger partial charge in [-0.2, -0.15) is 22.9 Å². The van der Waals surface area contributed by atoms with E-state index >= 15 is 0 Å². The Morgan fingerprint density at radius 2 is 2.05 bits per heavy atom. The number of hydrogen-bond acceptors (Lipinski definition) is 7. The highest BCUT2D eigenvalue weighted by Crippen LogP contribution is 2.27. The second kappa shape index (κ2) is 4.40. The van der Waals surface area contributed by atoms with Crippen LogP contribution in [0.15, 0.2) is 12.1 Å². The Balaban J connectivity index is 1.89. The first-order valence-corrected chi connectivity index (χ1v) is 5.30. The molecule has 3 rings (SSSR count). The van der Waals surface area contributed by atoms with E-state index in [0.717, 1.165) is 0 Å². The summed E-state index contributed by atoms with van der Waals surface area (Å²) in [6.45, 7) is 0.165. The molecule has 0 aromatic carbocycles. The Morgan fingerprint density at radius 1 is 1.20 bits per heavy atom. The zero-order valence-electron chi connectivity index (χ0n) is 9.63. The van der Waals surface area contributed by atoms with E-state index in [9.17, 15) is 13.2 Å². The van der Waals surface area contributed by atoms with E-state index in [1.54, 1.807) is 0 Å². The topological polar surface area (TPSA) is 110 Å². The molecule has 0 unspecified atom stereocenters. The fraction of sp³-hybridized carbons (Fsp3) is 0.250. The Kier molecular flexibility index (Phi) is 2.69. The minimum absolute atomic E-state index is 0.00226. The minimum Gasteiger partial charge on any atom is -0.361 e. The third kappa shape index (κ3) is 2.22. The van der Waals surface area contributed by atoms with Crippen molar-refractivity contribution < 1.29 is 13.2 Å². The van der Waals surface area contributed by atoms with Gasteiger partial charge in [0, 0.05) is 0 Å². The van der Waals surface area contributed by atoms with Gasteiger partial charge < -0.3 is 5.32 Å². The number of nitrogens with zero attached hydrogens (tertiary/aromatic N) is 7. The van der Waals surface area contributed by atoms with Crippen molar-refractivity contribution in [3.8, 4) is 0 Å². The van der Waals surface area contributed by atoms with Gasteiger partial charge in [0.1, 0.15) is 5.82 Å². The number of anilines is 1. The van der Waals surface area contributed by atoms with Crippen LogP contribution in [0.3, 0.4) is 0 Å². The van der Waals surface area contributed by atoms with Crippen molar-refractivity contribution in [1.29, 1.82) is 0 Å². The Labute approximate surface area is 108 Å². The maximum atomic E-state index is 12.7. The van der Waals surface area contributed by atoms with Crippen LogP contribution in [0.5, 0.6) is 0 Å². The molecular weight excluding hydrogens is 279 g/mol. The number of aromatic nitrogens is 8. The van der Waals surface area contributed by atoms with Crippen LogP contribution in [-0.2, 0) is 12.7 Å². The molecule has 0 atom stereocenters. The van der Waals surface area contributed by atoms with Crippen LogP contribution in [0.1, 0.15) is 11.6 Å². The molecule has 20 heavy (non-hydrogen) atoms. The molecule has 3 heterocycles. The molecule has 0 aliphatic carbocycles. The van der Waals surface area contributed by atoms with Crippen molar-refractivity contribution in [2.45, 2.75) is 12.7 Å². The van der Waals surface area contributed by atoms with Crippen molar-refractivity contribution in [3.63, 3.8) is 0 Å². The van der Waals surface area contributed by atoms with Gasteiger partial charge in [-0.3, -0.25) is 0 Å². The summed E-state index contributed by atoms with van der Waals surface area (Å²) in [4.78, 5) is 0. The predicted molar refractivity (Wildman–Crippen MR) is 57.3 cm³/mol. The maximum absolute atomic E-state index is 12.7. The Bertz CT molecular complexity index is 716. The summed E-state index contributed by atoms with van der Waals surface area (Å²) in [5.41, 5.74) is 0.00226. The van der Waals surface area contributed by atoms with E-state index in [4.69, 9.17) is 0 Å². The summed E-state index contributed by atoms with van der Waals surface area (Å²) in [6.07, 6.45) is -4.63. The summed E-state index contributed by atoms with van der Waals surface area (Å²) in [7, 11) is 0. The highest BCUT2D eigenvalue weighted by molar-refractivity contribution is 5.44. The number of rotatable bonds is 3. The van der Waals surface area contributed by atoms with Gasteiger partial charge in [-0.25, -0.2) is 0 Å². The van der Waals surface area contributed by atoms with E-state index in [2.05, 4.69) is 41.2 Å². The van der Waals surface area contributed by atoms with Gasteiger partial charge in [0.2, 0.25) is 0 Å². The standard InChI is InChI=1S/C8H6F3N9/c9-8(10,11)7-16-15-6-2-1-4(17-20(6)7)12-3-5-13-18-19-14-5/h1-2H,3H2,(H,12,17)(H,13,14,18,19). The molecule has 0 saturated heterocycles. The van der Waals surface area contributed by atoms with Crippen molar-refractivity contribution in [3.05, 3.63) is 23.8 Å². The maximum Gasteiger partial charge on any atom is 0.453 e. The molecule has 0 fully saturated rings. The molecule has 3 aromatic rings. The van der Waals surface area contributed by atoms with Crippen molar-refractivity contribution in [2.75, 3.05) is 5.32 Å². The summed E-state index contributed by atoms with van der Waals surface area (Å²) < 4.78 is 38.7. The van der Waals surface area contributed by atoms with Crippen LogP contribution in [0, 0.1) is 0 Å². The summed E-state index contributed by atoms with van der Waals surface area (Å²) >= 11 is 0. The molecule has 3 aromatic heterocycles. The zero-order chi connectivity index (χ0) is 14.2. The number of alkyl halides is 3. The second-order valence-electron chi connectivity index (χ2n) is 3.69. The molecule has 0 aliphatic rings. The number of H-pyrrole nitrogens is 1. The van der Waals surface area contributed by atoms with E-state index < -0.39 is 12.0 Å². The summed E-state index contributed by atoms with van der Waals surface area (Å²) in [5, 5.41) is 26.0. The molecule has 2 N–H and O–H groups in total. The molecule has 104 valence electrons. The van der Waals surface area contributed by atoms with Crippen LogP contribution >= 0.6 is 0 Å². The van der Waals surface area contributed by atoms with Crippen LogP contribution < -0.4 is 5.32 Å². The lowest BCUT2D eigenvalue weighted by Gasteiger charge is -2.05. The zero-order valence-corrected chi connectivity index (χ0v) is 9.63. The number of nitrogens with one attached hydrogen (secondary N) is 2. The van der Waals surface area contributed by atoms with Crippen LogP contribution in [0.25, 0.3) is 5.65 Å². The molecule has 9 nitrogen and oxygen atoms in total. The molecule has 0 aliphatic heterocycles. The van der Waals surface area contributed by atoms with Gasteiger partial charge in [0.15, 0.2) is 11.5 Å². The number of tetrazole rings is 1. The number of aromatic amines is 1. The minimum atomic E-state index is -4.63. The van der Waals surface area contributed by atoms with E-state index in [1.807, 2.05) is 0 Å². The number of halogens is 3. The quantitative estimate of drug-likeness (QED) is 0.710. The molecule has 0 amide bonds. The van der Waals surface area contributed by atoms with Crippen LogP contribution in [0.4, 0.5) is 19.0 Å². The first-order valence-electron chi connectivity index (χ1n) is 5.30. The first kappa shape index (κ1) is 12.3. The fourth-order valence-corrected chi connectivity index (χ4v) is 1.49. The number of hydrogen-bond donors (Lipinski definition) is 2. The fourth-order valence-electron chi connectivity index (χ4n) is 1.49. The lowest BCUT2D eigenvalue weighted by molar-refractivity contribution is -0.146. The molecule has 0 spiro atoms. The van der Waals surface area contributed by atoms with Crippen molar-refractivity contribution >= 4 is 11.5 Å².